The Morgan fingerprint density at radius 2 is 1.75 bits per heavy atom. The largest absolute Gasteiger partial charge is 0.361 e. The molecular formula is C14H10ClN. The second-order valence-corrected chi connectivity index (χ2v) is 4.19. The van der Waals surface area contributed by atoms with Crippen molar-refractivity contribution in [3.8, 4) is 11.1 Å². The molecule has 1 nitrogen and oxygen atoms in total. The van der Waals surface area contributed by atoms with E-state index >= 15 is 0 Å². The molecule has 1 heterocycles. The molecule has 2 aromatic carbocycles. The summed E-state index contributed by atoms with van der Waals surface area (Å²) in [5.41, 5.74) is 3.51. The number of benzene rings is 2. The quantitative estimate of drug-likeness (QED) is 0.631. The third-order valence-corrected chi connectivity index (χ3v) is 2.96. The van der Waals surface area contributed by atoms with Crippen molar-refractivity contribution in [2.45, 2.75) is 0 Å². The Morgan fingerprint density at radius 3 is 2.56 bits per heavy atom. The van der Waals surface area contributed by atoms with Crippen LogP contribution >= 0.6 is 11.6 Å². The van der Waals surface area contributed by atoms with Crippen molar-refractivity contribution >= 4 is 22.5 Å². The molecule has 3 rings (SSSR count). The van der Waals surface area contributed by atoms with Crippen LogP contribution in [0.4, 0.5) is 0 Å². The number of nitrogens with one attached hydrogen (secondary N) is 1. The Kier molecular flexibility index (Phi) is 2.19. The highest BCUT2D eigenvalue weighted by Gasteiger charge is 2.05. The van der Waals surface area contributed by atoms with Crippen molar-refractivity contribution in [3.05, 3.63) is 59.8 Å². The summed E-state index contributed by atoms with van der Waals surface area (Å²) in [5, 5.41) is 1.96. The second kappa shape index (κ2) is 3.69. The van der Waals surface area contributed by atoms with Crippen molar-refractivity contribution in [1.29, 1.82) is 0 Å². The van der Waals surface area contributed by atoms with E-state index in [2.05, 4.69) is 23.2 Å². The third-order valence-electron chi connectivity index (χ3n) is 2.73. The van der Waals surface area contributed by atoms with Crippen molar-refractivity contribution in [1.82, 2.24) is 4.98 Å². The summed E-state index contributed by atoms with van der Waals surface area (Å²) in [6.07, 6.45) is 2.02. The number of fused-ring (bicyclic) bond motifs is 1. The summed E-state index contributed by atoms with van der Waals surface area (Å²) >= 11 is 5.95. The van der Waals surface area contributed by atoms with Gasteiger partial charge in [0, 0.05) is 27.7 Å². The third kappa shape index (κ3) is 1.50. The topological polar surface area (TPSA) is 15.8 Å². The molecule has 0 bridgehead atoms. The molecule has 0 aliphatic carbocycles. The fraction of sp³-hybridized carbons (Fsp3) is 0. The monoisotopic (exact) mass is 227 g/mol. The lowest BCUT2D eigenvalue weighted by molar-refractivity contribution is 1.47. The first kappa shape index (κ1) is 9.49. The summed E-state index contributed by atoms with van der Waals surface area (Å²) in [6.45, 7) is 0. The molecule has 0 unspecified atom stereocenters. The van der Waals surface area contributed by atoms with E-state index < -0.39 is 0 Å². The molecular weight excluding hydrogens is 218 g/mol. The molecule has 3 aromatic rings. The molecule has 0 saturated heterocycles. The molecule has 0 aliphatic heterocycles. The van der Waals surface area contributed by atoms with E-state index in [4.69, 9.17) is 11.6 Å². The van der Waals surface area contributed by atoms with Crippen LogP contribution in [0.2, 0.25) is 5.02 Å². The number of aromatic amines is 1. The number of hydrogen-bond donors (Lipinski definition) is 1. The minimum Gasteiger partial charge on any atom is -0.361 e. The van der Waals surface area contributed by atoms with E-state index in [0.29, 0.717) is 0 Å². The zero-order valence-electron chi connectivity index (χ0n) is 8.57. The van der Waals surface area contributed by atoms with Gasteiger partial charge in [-0.1, -0.05) is 48.0 Å². The minimum absolute atomic E-state index is 0.758. The van der Waals surface area contributed by atoms with Gasteiger partial charge in [0.25, 0.3) is 0 Å². The molecule has 0 aliphatic rings. The zero-order chi connectivity index (χ0) is 11.0. The average Bonchev–Trinajstić information content (AvgIpc) is 2.73. The van der Waals surface area contributed by atoms with E-state index in [1.54, 1.807) is 0 Å². The van der Waals surface area contributed by atoms with Gasteiger partial charge in [0.15, 0.2) is 0 Å². The van der Waals surface area contributed by atoms with Gasteiger partial charge in [0.2, 0.25) is 0 Å². The molecule has 0 spiro atoms. The van der Waals surface area contributed by atoms with Gasteiger partial charge >= 0.3 is 0 Å². The highest BCUT2D eigenvalue weighted by atomic mass is 35.5. The number of halogens is 1. The van der Waals surface area contributed by atoms with Gasteiger partial charge in [-0.3, -0.25) is 0 Å². The standard InChI is InChI=1S/C14H10ClN/c15-11-6-7-12-13(9-16-14(12)8-11)10-4-2-1-3-5-10/h1-9,16H. The molecule has 0 amide bonds. The van der Waals surface area contributed by atoms with Crippen LogP contribution in [0.3, 0.4) is 0 Å². The van der Waals surface area contributed by atoms with Crippen LogP contribution in [-0.4, -0.2) is 4.98 Å². The van der Waals surface area contributed by atoms with Gasteiger partial charge in [-0.2, -0.15) is 0 Å². The van der Waals surface area contributed by atoms with Gasteiger partial charge in [-0.25, -0.2) is 0 Å². The molecule has 16 heavy (non-hydrogen) atoms. The predicted molar refractivity (Wildman–Crippen MR) is 68.7 cm³/mol. The molecule has 78 valence electrons. The Bertz CT molecular complexity index is 626. The molecule has 1 N–H and O–H groups in total. The van der Waals surface area contributed by atoms with E-state index in [1.165, 1.54) is 16.5 Å². The SMILES string of the molecule is Clc1ccc2c(-c3ccccc3)c[nH]c2c1. The molecule has 0 radical (unpaired) electrons. The van der Waals surface area contributed by atoms with Gasteiger partial charge < -0.3 is 4.98 Å². The van der Waals surface area contributed by atoms with Crippen LogP contribution < -0.4 is 0 Å². The Balaban J connectivity index is 2.26. The summed E-state index contributed by atoms with van der Waals surface area (Å²) in [6, 6.07) is 16.3. The normalized spacial score (nSPS) is 10.8. The average molecular weight is 228 g/mol. The fourth-order valence-electron chi connectivity index (χ4n) is 1.95. The number of H-pyrrole nitrogens is 1. The highest BCUT2D eigenvalue weighted by molar-refractivity contribution is 6.31. The summed E-state index contributed by atoms with van der Waals surface area (Å²) in [7, 11) is 0. The Morgan fingerprint density at radius 1 is 0.938 bits per heavy atom. The van der Waals surface area contributed by atoms with Crippen LogP contribution in [0.1, 0.15) is 0 Å². The first-order chi connectivity index (χ1) is 7.84. The van der Waals surface area contributed by atoms with Gasteiger partial charge in [0.05, 0.1) is 0 Å². The summed E-state index contributed by atoms with van der Waals surface area (Å²) in [4.78, 5) is 3.24. The van der Waals surface area contributed by atoms with Gasteiger partial charge in [-0.15, -0.1) is 0 Å². The molecule has 0 saturated carbocycles. The number of rotatable bonds is 1. The van der Waals surface area contributed by atoms with Crippen LogP contribution in [-0.2, 0) is 0 Å². The second-order valence-electron chi connectivity index (χ2n) is 3.76. The summed E-state index contributed by atoms with van der Waals surface area (Å²) < 4.78 is 0. The molecule has 1 aromatic heterocycles. The van der Waals surface area contributed by atoms with Crippen LogP contribution in [0.5, 0.6) is 0 Å². The molecule has 0 fully saturated rings. The van der Waals surface area contributed by atoms with Gasteiger partial charge in [0.1, 0.15) is 0 Å². The Hall–Kier alpha value is -1.73. The van der Waals surface area contributed by atoms with Crippen LogP contribution in [0, 0.1) is 0 Å². The smallest absolute Gasteiger partial charge is 0.0475 e. The predicted octanol–water partition coefficient (Wildman–Crippen LogP) is 4.49. The first-order valence-electron chi connectivity index (χ1n) is 5.17. The lowest BCUT2D eigenvalue weighted by atomic mass is 10.1. The van der Waals surface area contributed by atoms with Gasteiger partial charge in [-0.05, 0) is 17.7 Å². The first-order valence-corrected chi connectivity index (χ1v) is 5.54. The minimum atomic E-state index is 0.758. The lowest BCUT2D eigenvalue weighted by Gasteiger charge is -1.98. The Labute approximate surface area is 98.7 Å². The molecule has 2 heteroatoms. The molecule has 0 atom stereocenters. The number of aromatic nitrogens is 1. The van der Waals surface area contributed by atoms with Crippen molar-refractivity contribution in [2.75, 3.05) is 0 Å². The maximum absolute atomic E-state index is 5.95. The van der Waals surface area contributed by atoms with E-state index in [9.17, 15) is 0 Å². The maximum Gasteiger partial charge on any atom is 0.0475 e. The van der Waals surface area contributed by atoms with Crippen LogP contribution in [0.15, 0.2) is 54.7 Å². The van der Waals surface area contributed by atoms with E-state index in [-0.39, 0.29) is 0 Å². The van der Waals surface area contributed by atoms with E-state index in [1.807, 2.05) is 36.5 Å². The zero-order valence-corrected chi connectivity index (χ0v) is 9.33. The van der Waals surface area contributed by atoms with E-state index in [0.717, 1.165) is 10.5 Å². The van der Waals surface area contributed by atoms with Crippen molar-refractivity contribution in [3.63, 3.8) is 0 Å². The van der Waals surface area contributed by atoms with Crippen molar-refractivity contribution < 1.29 is 0 Å². The summed E-state index contributed by atoms with van der Waals surface area (Å²) in [5.74, 6) is 0. The highest BCUT2D eigenvalue weighted by Crippen LogP contribution is 2.29. The number of hydrogen-bond acceptors (Lipinski definition) is 0. The van der Waals surface area contributed by atoms with Crippen LogP contribution in [0.25, 0.3) is 22.0 Å². The maximum atomic E-state index is 5.95. The lowest BCUT2D eigenvalue weighted by Crippen LogP contribution is -1.73. The van der Waals surface area contributed by atoms with Crippen molar-refractivity contribution in [2.24, 2.45) is 0 Å². The fourth-order valence-corrected chi connectivity index (χ4v) is 2.13.